The number of hydrogen-bond donors (Lipinski definition) is 4. The van der Waals surface area contributed by atoms with Gasteiger partial charge in [0.25, 0.3) is 0 Å². The molecule has 0 saturated carbocycles. The molecule has 7 rings (SSSR count). The average Bonchev–Trinajstić information content (AvgIpc) is 3.66. The Morgan fingerprint density at radius 3 is 2.74 bits per heavy atom. The van der Waals surface area contributed by atoms with Crippen LogP contribution in [0.2, 0.25) is 5.02 Å². The number of carbonyl (C=O) groups is 1. The molecule has 0 bridgehead atoms. The lowest BCUT2D eigenvalue weighted by molar-refractivity contribution is 0.0695. The maximum atomic E-state index is 15.2. The van der Waals surface area contributed by atoms with E-state index in [2.05, 4.69) is 37.6 Å². The van der Waals surface area contributed by atoms with Crippen molar-refractivity contribution in [1.29, 1.82) is 0 Å². The molecule has 13 heteroatoms. The summed E-state index contributed by atoms with van der Waals surface area (Å²) in [6, 6.07) is 3.23. The summed E-state index contributed by atoms with van der Waals surface area (Å²) in [5.74, 6) is -1.41. The van der Waals surface area contributed by atoms with Gasteiger partial charge in [0.15, 0.2) is 5.65 Å². The second-order valence-electron chi connectivity index (χ2n) is 11.0. The molecule has 6 heterocycles. The molecule has 2 fully saturated rings. The van der Waals surface area contributed by atoms with Crippen LogP contribution in [0.4, 0.5) is 15.8 Å². The SMILES string of the molecule is CNc1cc(F)c(Cl)c2c1[nH]c1ncc(-c3cnc4c(c3)c(=O)c(C(=O)O)cn4NC)c(N3CC[C@H]4CN(C)C[C@H]43)c12. The fourth-order valence-corrected chi connectivity index (χ4v) is 7.02. The van der Waals surface area contributed by atoms with E-state index in [1.54, 1.807) is 32.6 Å². The number of aromatic amines is 1. The molecule has 2 saturated heterocycles. The van der Waals surface area contributed by atoms with Crippen LogP contribution >= 0.6 is 11.6 Å². The van der Waals surface area contributed by atoms with Crippen molar-refractivity contribution in [3.8, 4) is 11.1 Å². The first kappa shape index (κ1) is 26.5. The van der Waals surface area contributed by atoms with Crippen molar-refractivity contribution in [2.45, 2.75) is 12.5 Å². The maximum absolute atomic E-state index is 15.2. The number of nitrogens with zero attached hydrogens (tertiary/aromatic N) is 5. The van der Waals surface area contributed by atoms with Crippen molar-refractivity contribution in [2.24, 2.45) is 5.92 Å². The van der Waals surface area contributed by atoms with Gasteiger partial charge in [0.2, 0.25) is 5.43 Å². The van der Waals surface area contributed by atoms with Crippen LogP contribution in [0.5, 0.6) is 0 Å². The first-order valence-electron chi connectivity index (χ1n) is 13.6. The highest BCUT2D eigenvalue weighted by Gasteiger charge is 2.42. The molecule has 0 aliphatic carbocycles. The molecule has 2 aliphatic rings. The Hall–Kier alpha value is -4.42. The monoisotopic (exact) mass is 590 g/mol. The third-order valence-electron chi connectivity index (χ3n) is 8.68. The first-order chi connectivity index (χ1) is 20.2. The van der Waals surface area contributed by atoms with Crippen molar-refractivity contribution in [2.75, 3.05) is 56.4 Å². The second-order valence-corrected chi connectivity index (χ2v) is 11.4. The molecule has 11 nitrogen and oxygen atoms in total. The number of likely N-dealkylation sites (N-methyl/N-ethyl adjacent to an activating group) is 1. The molecule has 4 aromatic heterocycles. The van der Waals surface area contributed by atoms with E-state index in [0.717, 1.165) is 31.7 Å². The van der Waals surface area contributed by atoms with E-state index in [1.165, 1.54) is 16.9 Å². The quantitative estimate of drug-likeness (QED) is 0.240. The Morgan fingerprint density at radius 1 is 1.19 bits per heavy atom. The topological polar surface area (TPSA) is 131 Å². The van der Waals surface area contributed by atoms with Crippen LogP contribution in [0.1, 0.15) is 16.8 Å². The zero-order chi connectivity index (χ0) is 29.4. The van der Waals surface area contributed by atoms with Crippen LogP contribution in [0.25, 0.3) is 44.1 Å². The van der Waals surface area contributed by atoms with Crippen molar-refractivity contribution in [3.63, 3.8) is 0 Å². The number of fused-ring (bicyclic) bond motifs is 5. The normalized spacial score (nSPS) is 18.8. The number of halogens is 2. The average molecular weight is 591 g/mol. The van der Waals surface area contributed by atoms with E-state index >= 15 is 4.39 Å². The van der Waals surface area contributed by atoms with Crippen molar-refractivity contribution in [3.05, 3.63) is 57.3 Å². The van der Waals surface area contributed by atoms with Gasteiger partial charge in [-0.2, -0.15) is 0 Å². The third-order valence-corrected chi connectivity index (χ3v) is 9.05. The number of hydrogen-bond acceptors (Lipinski definition) is 8. The smallest absolute Gasteiger partial charge is 0.341 e. The zero-order valence-corrected chi connectivity index (χ0v) is 23.9. The number of rotatable bonds is 5. The Kier molecular flexibility index (Phi) is 6.03. The summed E-state index contributed by atoms with van der Waals surface area (Å²) >= 11 is 6.67. The fraction of sp³-hybridized carbons (Fsp3) is 0.310. The standard InChI is InChI=1S/C29H28ClFN8O3/c1-32-19-7-18(31)23(30)21-22-25(38-5-4-13-10-37(3)12-20(13)38)16(9-34-27(22)36-24(19)21)14-6-15-26(40)17(29(41)42)11-39(33-2)28(15)35-8-14/h6-9,11,13,20,32-33H,4-5,10,12H2,1-3H3,(H,34,36)(H,41,42)/t13-,20+/m0/s1. The highest BCUT2D eigenvalue weighted by molar-refractivity contribution is 6.39. The number of carboxylic acids is 1. The van der Waals surface area contributed by atoms with Crippen LogP contribution in [-0.4, -0.2) is 82.4 Å². The second kappa shape index (κ2) is 9.57. The van der Waals surface area contributed by atoms with Gasteiger partial charge in [-0.25, -0.2) is 23.8 Å². The van der Waals surface area contributed by atoms with E-state index < -0.39 is 17.2 Å². The minimum atomic E-state index is -1.33. The van der Waals surface area contributed by atoms with Crippen LogP contribution in [0.15, 0.2) is 35.5 Å². The molecule has 0 amide bonds. The number of H-pyrrole nitrogens is 1. The fourth-order valence-electron chi connectivity index (χ4n) is 6.78. The molecule has 2 aliphatic heterocycles. The molecule has 2 atom stereocenters. The molecule has 1 aromatic carbocycles. The molecule has 5 aromatic rings. The number of anilines is 2. The van der Waals surface area contributed by atoms with Crippen LogP contribution in [0, 0.1) is 11.7 Å². The Morgan fingerprint density at radius 2 is 2.00 bits per heavy atom. The van der Waals surface area contributed by atoms with E-state index in [-0.39, 0.29) is 22.0 Å². The highest BCUT2D eigenvalue weighted by atomic mass is 35.5. The van der Waals surface area contributed by atoms with Gasteiger partial charge in [-0.3, -0.25) is 4.79 Å². The van der Waals surface area contributed by atoms with Crippen LogP contribution in [0.3, 0.4) is 0 Å². The lowest BCUT2D eigenvalue weighted by atomic mass is 9.99. The molecule has 4 N–H and O–H groups in total. The predicted octanol–water partition coefficient (Wildman–Crippen LogP) is 3.94. The summed E-state index contributed by atoms with van der Waals surface area (Å²) in [6.07, 6.45) is 5.59. The van der Waals surface area contributed by atoms with Gasteiger partial charge < -0.3 is 30.6 Å². The van der Waals surface area contributed by atoms with Gasteiger partial charge in [-0.05, 0) is 25.5 Å². The summed E-state index contributed by atoms with van der Waals surface area (Å²) in [4.78, 5) is 42.5. The molecule has 0 radical (unpaired) electrons. The highest BCUT2D eigenvalue weighted by Crippen LogP contribution is 2.48. The van der Waals surface area contributed by atoms with Gasteiger partial charge in [0.1, 0.15) is 17.0 Å². The Bertz CT molecular complexity index is 2010. The van der Waals surface area contributed by atoms with Crippen molar-refractivity contribution in [1.82, 2.24) is 24.5 Å². The molecule has 42 heavy (non-hydrogen) atoms. The van der Waals surface area contributed by atoms with Gasteiger partial charge in [-0.1, -0.05) is 11.6 Å². The third kappa shape index (κ3) is 3.75. The van der Waals surface area contributed by atoms with Gasteiger partial charge in [0, 0.05) is 80.9 Å². The Labute approximate surface area is 243 Å². The summed E-state index contributed by atoms with van der Waals surface area (Å²) < 4.78 is 16.6. The minimum absolute atomic E-state index is 0.00520. The number of aromatic nitrogens is 4. The summed E-state index contributed by atoms with van der Waals surface area (Å²) in [7, 11) is 5.44. The van der Waals surface area contributed by atoms with Gasteiger partial charge in [-0.15, -0.1) is 0 Å². The van der Waals surface area contributed by atoms with Gasteiger partial charge in [0.05, 0.1) is 32.7 Å². The van der Waals surface area contributed by atoms with Crippen molar-refractivity contribution >= 4 is 61.9 Å². The number of pyridine rings is 3. The van der Waals surface area contributed by atoms with E-state index in [1.807, 2.05) is 0 Å². The molecular formula is C29H28ClFN8O3. The number of likely N-dealkylation sites (tertiary alicyclic amines) is 1. The summed E-state index contributed by atoms with van der Waals surface area (Å²) in [6.45, 7) is 2.63. The zero-order valence-electron chi connectivity index (χ0n) is 23.1. The number of carboxylic acid groups (broad SMARTS) is 1. The van der Waals surface area contributed by atoms with E-state index in [9.17, 15) is 14.7 Å². The molecular weight excluding hydrogens is 563 g/mol. The minimum Gasteiger partial charge on any atom is -0.477 e. The molecule has 0 unspecified atom stereocenters. The number of aromatic carboxylic acids is 1. The van der Waals surface area contributed by atoms with Crippen molar-refractivity contribution < 1.29 is 14.3 Å². The van der Waals surface area contributed by atoms with E-state index in [0.29, 0.717) is 50.3 Å². The van der Waals surface area contributed by atoms with Crippen LogP contribution in [-0.2, 0) is 0 Å². The van der Waals surface area contributed by atoms with Crippen LogP contribution < -0.4 is 21.1 Å². The lowest BCUT2D eigenvalue weighted by Gasteiger charge is -2.29. The number of benzene rings is 1. The predicted molar refractivity (Wildman–Crippen MR) is 162 cm³/mol. The lowest BCUT2D eigenvalue weighted by Crippen LogP contribution is -2.35. The molecule has 216 valence electrons. The summed E-state index contributed by atoms with van der Waals surface area (Å²) in [5.41, 5.74) is 6.00. The molecule has 0 spiro atoms. The van der Waals surface area contributed by atoms with E-state index in [4.69, 9.17) is 16.6 Å². The Balaban J connectivity index is 1.57. The largest absolute Gasteiger partial charge is 0.477 e. The summed E-state index contributed by atoms with van der Waals surface area (Å²) in [5, 5.41) is 14.1. The van der Waals surface area contributed by atoms with Gasteiger partial charge >= 0.3 is 5.97 Å². The number of nitrogens with one attached hydrogen (secondary N) is 3. The maximum Gasteiger partial charge on any atom is 0.341 e. The first-order valence-corrected chi connectivity index (χ1v) is 14.0.